The first-order chi connectivity index (χ1) is 7.20. The molecule has 0 bridgehead atoms. The second-order valence-corrected chi connectivity index (χ2v) is 3.39. The molecule has 0 atom stereocenters. The highest BCUT2D eigenvalue weighted by Gasteiger charge is 2.07. The van der Waals surface area contributed by atoms with Gasteiger partial charge in [0.2, 0.25) is 0 Å². The van der Waals surface area contributed by atoms with Crippen LogP contribution in [0.25, 0.3) is 5.65 Å². The van der Waals surface area contributed by atoms with E-state index >= 15 is 0 Å². The number of fused-ring (bicyclic) bond motifs is 1. The third kappa shape index (κ3) is 2.38. The number of aryl methyl sites for hydroxylation is 1. The van der Waals surface area contributed by atoms with Gasteiger partial charge in [-0.05, 0) is 12.5 Å². The molecule has 0 aliphatic rings. The molecule has 0 N–H and O–H groups in total. The quantitative estimate of drug-likeness (QED) is 0.644. The molecule has 0 fully saturated rings. The molecular formula is C10H12BrN3O2. The minimum atomic E-state index is -0.404. The molecule has 2 aromatic rings. The third-order valence-electron chi connectivity index (χ3n) is 2.20. The van der Waals surface area contributed by atoms with Crippen molar-refractivity contribution in [2.24, 2.45) is 0 Å². The van der Waals surface area contributed by atoms with Gasteiger partial charge >= 0.3 is 0 Å². The van der Waals surface area contributed by atoms with Crippen molar-refractivity contribution >= 4 is 28.3 Å². The number of pyridine rings is 1. The Balaban J connectivity index is 0.00000128. The fraction of sp³-hybridized carbons (Fsp3) is 0.300. The Morgan fingerprint density at radius 1 is 1.44 bits per heavy atom. The van der Waals surface area contributed by atoms with Crippen LogP contribution in [0.1, 0.15) is 19.0 Å². The van der Waals surface area contributed by atoms with Crippen LogP contribution in [-0.4, -0.2) is 14.3 Å². The average molecular weight is 286 g/mol. The highest BCUT2D eigenvalue weighted by atomic mass is 79.9. The molecule has 5 nitrogen and oxygen atoms in total. The Labute approximate surface area is 103 Å². The van der Waals surface area contributed by atoms with E-state index in [0.717, 1.165) is 24.2 Å². The molecule has 6 heteroatoms. The highest BCUT2D eigenvalue weighted by Crippen LogP contribution is 2.14. The number of imidazole rings is 1. The number of rotatable bonds is 3. The van der Waals surface area contributed by atoms with Crippen molar-refractivity contribution in [2.75, 3.05) is 0 Å². The lowest BCUT2D eigenvalue weighted by Crippen LogP contribution is -1.90. The second kappa shape index (κ2) is 5.07. The SMILES string of the molecule is Br.CCCc1cn2cc([N+](=O)[O-])ccc2n1. The summed E-state index contributed by atoms with van der Waals surface area (Å²) in [6, 6.07) is 3.13. The van der Waals surface area contributed by atoms with Crippen LogP contribution < -0.4 is 0 Å². The lowest BCUT2D eigenvalue weighted by Gasteiger charge is -1.92. The first kappa shape index (κ1) is 12.6. The zero-order valence-corrected chi connectivity index (χ0v) is 10.5. The standard InChI is InChI=1S/C10H11N3O2.BrH/c1-2-3-8-6-12-7-9(13(14)15)4-5-10(12)11-8;/h4-7H,2-3H2,1H3;1H. The lowest BCUT2D eigenvalue weighted by molar-refractivity contribution is -0.385. The number of halogens is 1. The maximum Gasteiger partial charge on any atom is 0.286 e. The van der Waals surface area contributed by atoms with Crippen molar-refractivity contribution in [3.63, 3.8) is 0 Å². The summed E-state index contributed by atoms with van der Waals surface area (Å²) >= 11 is 0. The summed E-state index contributed by atoms with van der Waals surface area (Å²) in [7, 11) is 0. The van der Waals surface area contributed by atoms with Crippen LogP contribution in [0.3, 0.4) is 0 Å². The molecule has 0 radical (unpaired) electrons. The number of hydrogen-bond donors (Lipinski definition) is 0. The molecule has 0 spiro atoms. The van der Waals surface area contributed by atoms with Crippen LogP contribution in [0.4, 0.5) is 5.69 Å². The van der Waals surface area contributed by atoms with Crippen molar-refractivity contribution < 1.29 is 4.92 Å². The Morgan fingerprint density at radius 2 is 2.19 bits per heavy atom. The first-order valence-electron chi connectivity index (χ1n) is 4.82. The van der Waals surface area contributed by atoms with Gasteiger partial charge in [0.1, 0.15) is 5.65 Å². The predicted molar refractivity (Wildman–Crippen MR) is 66.2 cm³/mol. The summed E-state index contributed by atoms with van der Waals surface area (Å²) in [6.45, 7) is 2.08. The molecule has 2 heterocycles. The van der Waals surface area contributed by atoms with Crippen molar-refractivity contribution in [1.82, 2.24) is 9.38 Å². The zero-order chi connectivity index (χ0) is 10.8. The van der Waals surface area contributed by atoms with Gasteiger partial charge in [-0.2, -0.15) is 0 Å². The van der Waals surface area contributed by atoms with Crippen LogP contribution in [0.15, 0.2) is 24.5 Å². The molecule has 2 rings (SSSR count). The van der Waals surface area contributed by atoms with Gasteiger partial charge in [-0.25, -0.2) is 4.98 Å². The highest BCUT2D eigenvalue weighted by molar-refractivity contribution is 8.93. The van der Waals surface area contributed by atoms with E-state index < -0.39 is 4.92 Å². The van der Waals surface area contributed by atoms with E-state index in [2.05, 4.69) is 11.9 Å². The van der Waals surface area contributed by atoms with Gasteiger partial charge in [-0.15, -0.1) is 17.0 Å². The number of nitrogens with zero attached hydrogens (tertiary/aromatic N) is 3. The van der Waals surface area contributed by atoms with Gasteiger partial charge in [0.25, 0.3) is 5.69 Å². The third-order valence-corrected chi connectivity index (χ3v) is 2.20. The monoisotopic (exact) mass is 285 g/mol. The van der Waals surface area contributed by atoms with E-state index in [0.29, 0.717) is 0 Å². The van der Waals surface area contributed by atoms with E-state index in [4.69, 9.17) is 0 Å². The van der Waals surface area contributed by atoms with Crippen molar-refractivity contribution in [3.05, 3.63) is 40.3 Å². The largest absolute Gasteiger partial charge is 0.300 e. The fourth-order valence-electron chi connectivity index (χ4n) is 1.52. The summed E-state index contributed by atoms with van der Waals surface area (Å²) in [5.41, 5.74) is 1.81. The molecule has 86 valence electrons. The minimum Gasteiger partial charge on any atom is -0.300 e. The van der Waals surface area contributed by atoms with E-state index in [1.165, 1.54) is 12.3 Å². The van der Waals surface area contributed by atoms with E-state index in [9.17, 15) is 10.1 Å². The molecule has 16 heavy (non-hydrogen) atoms. The van der Waals surface area contributed by atoms with E-state index in [1.54, 1.807) is 10.5 Å². The molecule has 0 saturated carbocycles. The molecule has 0 aliphatic carbocycles. The van der Waals surface area contributed by atoms with E-state index in [1.807, 2.05) is 6.20 Å². The van der Waals surface area contributed by atoms with Gasteiger partial charge in [0.15, 0.2) is 0 Å². The Kier molecular flexibility index (Phi) is 4.00. The number of nitro groups is 1. The molecule has 0 aliphatic heterocycles. The lowest BCUT2D eigenvalue weighted by atomic mass is 10.3. The van der Waals surface area contributed by atoms with Crippen molar-refractivity contribution in [3.8, 4) is 0 Å². The molecule has 2 aromatic heterocycles. The molecule has 0 amide bonds. The van der Waals surface area contributed by atoms with Gasteiger partial charge in [-0.3, -0.25) is 14.5 Å². The number of aromatic nitrogens is 2. The summed E-state index contributed by atoms with van der Waals surface area (Å²) in [5.74, 6) is 0. The molecular weight excluding hydrogens is 274 g/mol. The average Bonchev–Trinajstić information content (AvgIpc) is 2.59. The van der Waals surface area contributed by atoms with Gasteiger partial charge in [-0.1, -0.05) is 13.3 Å². The fourth-order valence-corrected chi connectivity index (χ4v) is 1.52. The summed E-state index contributed by atoms with van der Waals surface area (Å²) in [5, 5.41) is 10.5. The topological polar surface area (TPSA) is 60.4 Å². The summed E-state index contributed by atoms with van der Waals surface area (Å²) in [6.07, 6.45) is 5.24. The Morgan fingerprint density at radius 3 is 2.81 bits per heavy atom. The maximum absolute atomic E-state index is 10.5. The summed E-state index contributed by atoms with van der Waals surface area (Å²) in [4.78, 5) is 14.5. The Bertz CT molecular complexity index is 510. The van der Waals surface area contributed by atoms with Gasteiger partial charge in [0, 0.05) is 12.3 Å². The van der Waals surface area contributed by atoms with Crippen LogP contribution in [-0.2, 0) is 6.42 Å². The van der Waals surface area contributed by atoms with Crippen molar-refractivity contribution in [1.29, 1.82) is 0 Å². The molecule has 0 unspecified atom stereocenters. The molecule has 0 aromatic carbocycles. The zero-order valence-electron chi connectivity index (χ0n) is 8.79. The van der Waals surface area contributed by atoms with Gasteiger partial charge in [0.05, 0.1) is 16.8 Å². The smallest absolute Gasteiger partial charge is 0.286 e. The van der Waals surface area contributed by atoms with Crippen LogP contribution >= 0.6 is 17.0 Å². The summed E-state index contributed by atoms with van der Waals surface area (Å²) < 4.78 is 1.70. The van der Waals surface area contributed by atoms with Crippen molar-refractivity contribution in [2.45, 2.75) is 19.8 Å². The number of hydrogen-bond acceptors (Lipinski definition) is 3. The van der Waals surface area contributed by atoms with Gasteiger partial charge < -0.3 is 0 Å². The van der Waals surface area contributed by atoms with Crippen LogP contribution in [0.2, 0.25) is 0 Å². The van der Waals surface area contributed by atoms with Crippen LogP contribution in [0, 0.1) is 10.1 Å². The first-order valence-corrected chi connectivity index (χ1v) is 4.82. The predicted octanol–water partition coefficient (Wildman–Crippen LogP) is 2.77. The van der Waals surface area contributed by atoms with Crippen LogP contribution in [0.5, 0.6) is 0 Å². The maximum atomic E-state index is 10.5. The molecule has 0 saturated heterocycles. The second-order valence-electron chi connectivity index (χ2n) is 3.39. The Hall–Kier alpha value is -1.43. The normalized spacial score (nSPS) is 10.1. The van der Waals surface area contributed by atoms with E-state index in [-0.39, 0.29) is 22.7 Å². The minimum absolute atomic E-state index is 0.